The number of halogens is 4. The molecule has 1 N–H and O–H groups in total. The highest BCUT2D eigenvalue weighted by Crippen LogP contribution is 2.32. The highest BCUT2D eigenvalue weighted by atomic mass is 35.5. The molecule has 7 heteroatoms. The average molecular weight is 360 g/mol. The molecular weight excluding hydrogens is 347 g/mol. The van der Waals surface area contributed by atoms with Gasteiger partial charge in [-0.15, -0.1) is 11.8 Å². The quantitative estimate of drug-likeness (QED) is 0.741. The van der Waals surface area contributed by atoms with Gasteiger partial charge < -0.3 is 5.32 Å². The van der Waals surface area contributed by atoms with Crippen molar-refractivity contribution in [1.82, 2.24) is 0 Å². The molecule has 0 bridgehead atoms. The average Bonchev–Trinajstić information content (AvgIpc) is 2.49. The number of rotatable bonds is 4. The number of carbonyl (C=O) groups is 1. The minimum absolute atomic E-state index is 0.00721. The van der Waals surface area contributed by atoms with E-state index in [4.69, 9.17) is 11.6 Å². The fraction of sp³-hybridized carbons (Fsp3) is 0.188. The van der Waals surface area contributed by atoms with Crippen molar-refractivity contribution >= 4 is 35.0 Å². The van der Waals surface area contributed by atoms with E-state index in [1.165, 1.54) is 12.1 Å². The van der Waals surface area contributed by atoms with Gasteiger partial charge in [0.05, 0.1) is 11.3 Å². The fourth-order valence-corrected chi connectivity index (χ4v) is 2.77. The van der Waals surface area contributed by atoms with Gasteiger partial charge in [-0.2, -0.15) is 13.2 Å². The third kappa shape index (κ3) is 4.91. The van der Waals surface area contributed by atoms with Crippen LogP contribution in [-0.4, -0.2) is 11.7 Å². The molecule has 0 radical (unpaired) electrons. The number of benzene rings is 2. The molecule has 0 spiro atoms. The summed E-state index contributed by atoms with van der Waals surface area (Å²) in [5.41, 5.74) is 0.604. The van der Waals surface area contributed by atoms with Crippen molar-refractivity contribution in [2.24, 2.45) is 0 Å². The van der Waals surface area contributed by atoms with Crippen LogP contribution in [0.1, 0.15) is 11.1 Å². The number of carbonyl (C=O) groups excluding carboxylic acids is 1. The van der Waals surface area contributed by atoms with E-state index in [0.717, 1.165) is 29.5 Å². The second-order valence-electron chi connectivity index (χ2n) is 4.77. The predicted molar refractivity (Wildman–Crippen MR) is 87.0 cm³/mol. The molecule has 0 aliphatic heterocycles. The topological polar surface area (TPSA) is 29.1 Å². The third-order valence-corrected chi connectivity index (χ3v) is 4.48. The first-order valence-electron chi connectivity index (χ1n) is 6.62. The first-order valence-corrected chi connectivity index (χ1v) is 7.99. The highest BCUT2D eigenvalue weighted by molar-refractivity contribution is 8.00. The Hall–Kier alpha value is -1.66. The maximum atomic E-state index is 12.6. The number of hydrogen-bond donors (Lipinski definition) is 1. The summed E-state index contributed by atoms with van der Waals surface area (Å²) < 4.78 is 37.9. The summed E-state index contributed by atoms with van der Waals surface area (Å²) in [6.07, 6.45) is -4.39. The maximum Gasteiger partial charge on any atom is 0.416 e. The Labute approximate surface area is 141 Å². The zero-order valence-electron chi connectivity index (χ0n) is 12.1. The Morgan fingerprint density at radius 3 is 2.61 bits per heavy atom. The van der Waals surface area contributed by atoms with Crippen LogP contribution >= 0.6 is 23.4 Å². The lowest BCUT2D eigenvalue weighted by molar-refractivity contribution is -0.137. The van der Waals surface area contributed by atoms with Crippen LogP contribution in [-0.2, 0) is 11.0 Å². The van der Waals surface area contributed by atoms with Crippen molar-refractivity contribution in [3.63, 3.8) is 0 Å². The van der Waals surface area contributed by atoms with Crippen molar-refractivity contribution in [3.05, 3.63) is 58.6 Å². The van der Waals surface area contributed by atoms with Crippen molar-refractivity contribution in [2.75, 3.05) is 11.1 Å². The smallest absolute Gasteiger partial charge is 0.325 e. The first kappa shape index (κ1) is 17.7. The van der Waals surface area contributed by atoms with Crippen LogP contribution in [0.4, 0.5) is 18.9 Å². The number of hydrogen-bond acceptors (Lipinski definition) is 2. The van der Waals surface area contributed by atoms with Crippen LogP contribution < -0.4 is 5.32 Å². The van der Waals surface area contributed by atoms with Crippen LogP contribution in [0.5, 0.6) is 0 Å². The normalized spacial score (nSPS) is 11.3. The Kier molecular flexibility index (Phi) is 5.59. The molecule has 2 aromatic rings. The number of amides is 1. The van der Waals surface area contributed by atoms with Crippen LogP contribution in [0, 0.1) is 6.92 Å². The summed E-state index contributed by atoms with van der Waals surface area (Å²) in [5.74, 6) is -0.300. The van der Waals surface area contributed by atoms with E-state index in [2.05, 4.69) is 5.32 Å². The summed E-state index contributed by atoms with van der Waals surface area (Å²) in [7, 11) is 0. The van der Waals surface area contributed by atoms with Crippen LogP contribution in [0.15, 0.2) is 47.4 Å². The van der Waals surface area contributed by atoms with Crippen LogP contribution in [0.25, 0.3) is 0 Å². The maximum absolute atomic E-state index is 12.6. The largest absolute Gasteiger partial charge is 0.416 e. The second-order valence-corrected chi connectivity index (χ2v) is 6.23. The Morgan fingerprint density at radius 1 is 1.22 bits per heavy atom. The monoisotopic (exact) mass is 359 g/mol. The zero-order chi connectivity index (χ0) is 17.0. The molecule has 1 amide bonds. The first-order chi connectivity index (χ1) is 10.8. The lowest BCUT2D eigenvalue weighted by Gasteiger charge is -2.10. The summed E-state index contributed by atoms with van der Waals surface area (Å²) in [4.78, 5) is 12.3. The van der Waals surface area contributed by atoms with Crippen LogP contribution in [0.2, 0.25) is 5.02 Å². The van der Waals surface area contributed by atoms with Crippen molar-refractivity contribution in [2.45, 2.75) is 18.0 Å². The van der Waals surface area contributed by atoms with E-state index in [1.807, 2.05) is 0 Å². The van der Waals surface area contributed by atoms with Crippen LogP contribution in [0.3, 0.4) is 0 Å². The van der Waals surface area contributed by atoms with E-state index in [-0.39, 0.29) is 11.7 Å². The highest BCUT2D eigenvalue weighted by Gasteiger charge is 2.30. The van der Waals surface area contributed by atoms with E-state index in [9.17, 15) is 18.0 Å². The standard InChI is InChI=1S/C16H13ClF3NOS/c1-10-13(17)6-3-7-14(10)21-15(22)9-23-12-5-2-4-11(8-12)16(18,19)20/h2-8H,9H2,1H3,(H,21,22). The summed E-state index contributed by atoms with van der Waals surface area (Å²) in [6, 6.07) is 10.0. The molecule has 0 aromatic heterocycles. The molecule has 2 rings (SSSR count). The van der Waals surface area contributed by atoms with Gasteiger partial charge in [-0.25, -0.2) is 0 Å². The fourth-order valence-electron chi connectivity index (χ4n) is 1.84. The van der Waals surface area contributed by atoms with Gasteiger partial charge in [0.1, 0.15) is 0 Å². The number of thioether (sulfide) groups is 1. The molecule has 0 aliphatic rings. The van der Waals surface area contributed by atoms with Gasteiger partial charge in [-0.1, -0.05) is 23.7 Å². The van der Waals surface area contributed by atoms with Gasteiger partial charge in [-0.3, -0.25) is 4.79 Å². The van der Waals surface area contributed by atoms with Crippen molar-refractivity contribution in [3.8, 4) is 0 Å². The molecule has 23 heavy (non-hydrogen) atoms. The van der Waals surface area contributed by atoms with E-state index in [1.54, 1.807) is 25.1 Å². The van der Waals surface area contributed by atoms with E-state index < -0.39 is 11.7 Å². The van der Waals surface area contributed by atoms with Gasteiger partial charge in [0, 0.05) is 15.6 Å². The Balaban J connectivity index is 1.98. The molecule has 2 nitrogen and oxygen atoms in total. The molecule has 122 valence electrons. The number of alkyl halides is 3. The van der Waals surface area contributed by atoms with Crippen molar-refractivity contribution < 1.29 is 18.0 Å². The molecule has 0 atom stereocenters. The van der Waals surface area contributed by atoms with E-state index >= 15 is 0 Å². The molecule has 0 heterocycles. The van der Waals surface area contributed by atoms with Gasteiger partial charge >= 0.3 is 6.18 Å². The SMILES string of the molecule is Cc1c(Cl)cccc1NC(=O)CSc1cccc(C(F)(F)F)c1. The third-order valence-electron chi connectivity index (χ3n) is 3.07. The Bertz CT molecular complexity index is 719. The molecular formula is C16H13ClF3NOS. The molecule has 0 aliphatic carbocycles. The minimum Gasteiger partial charge on any atom is -0.325 e. The molecule has 0 fully saturated rings. The second kappa shape index (κ2) is 7.27. The zero-order valence-corrected chi connectivity index (χ0v) is 13.6. The number of nitrogens with one attached hydrogen (secondary N) is 1. The summed E-state index contributed by atoms with van der Waals surface area (Å²) in [6.45, 7) is 1.78. The predicted octanol–water partition coefficient (Wildman–Crippen LogP) is 5.40. The molecule has 0 saturated carbocycles. The lowest BCUT2D eigenvalue weighted by atomic mass is 10.2. The summed E-state index contributed by atoms with van der Waals surface area (Å²) >= 11 is 7.01. The summed E-state index contributed by atoms with van der Waals surface area (Å²) in [5, 5.41) is 3.24. The van der Waals surface area contributed by atoms with Gasteiger partial charge in [-0.05, 0) is 42.8 Å². The molecule has 0 unspecified atom stereocenters. The molecule has 0 saturated heterocycles. The minimum atomic E-state index is -4.39. The number of anilines is 1. The van der Waals surface area contributed by atoms with Crippen molar-refractivity contribution in [1.29, 1.82) is 0 Å². The van der Waals surface area contributed by atoms with Gasteiger partial charge in [0.2, 0.25) is 5.91 Å². The van der Waals surface area contributed by atoms with Gasteiger partial charge in [0.15, 0.2) is 0 Å². The Morgan fingerprint density at radius 2 is 1.91 bits per heavy atom. The van der Waals surface area contributed by atoms with E-state index in [0.29, 0.717) is 15.6 Å². The lowest BCUT2D eigenvalue weighted by Crippen LogP contribution is -2.15. The van der Waals surface area contributed by atoms with Gasteiger partial charge in [0.25, 0.3) is 0 Å². The molecule has 2 aromatic carbocycles.